The van der Waals surface area contributed by atoms with E-state index in [-0.39, 0.29) is 12.0 Å². The Morgan fingerprint density at radius 2 is 2.14 bits per heavy atom. The second-order valence-electron chi connectivity index (χ2n) is 4.64. The largest absolute Gasteiger partial charge is 0.497 e. The summed E-state index contributed by atoms with van der Waals surface area (Å²) in [5.41, 5.74) is 1.61. The summed E-state index contributed by atoms with van der Waals surface area (Å²) in [5.74, 6) is 0.704. The summed E-state index contributed by atoms with van der Waals surface area (Å²) in [6.45, 7) is 0.714. The molecule has 0 spiro atoms. The van der Waals surface area contributed by atoms with E-state index in [9.17, 15) is 4.79 Å². The van der Waals surface area contributed by atoms with Gasteiger partial charge < -0.3 is 9.47 Å². The first-order valence-corrected chi connectivity index (χ1v) is 6.81. The summed E-state index contributed by atoms with van der Waals surface area (Å²) in [6, 6.07) is 11.1. The number of hydrogen-bond acceptors (Lipinski definition) is 5. The number of ether oxygens (including phenoxy) is 2. The molecule has 0 N–H and O–H groups in total. The maximum atomic E-state index is 12.2. The Morgan fingerprint density at radius 3 is 2.82 bits per heavy atom. The molecular weight excluding hydrogens is 282 g/mol. The monoisotopic (exact) mass is 299 g/mol. The molecule has 2 rings (SSSR count). The highest BCUT2D eigenvalue weighted by molar-refractivity contribution is 5.61. The minimum atomic E-state index is -0.259. The summed E-state index contributed by atoms with van der Waals surface area (Å²) >= 11 is 0. The molecule has 0 amide bonds. The third-order valence-corrected chi connectivity index (χ3v) is 3.19. The molecule has 6 heteroatoms. The third-order valence-electron chi connectivity index (χ3n) is 3.19. The molecule has 0 unspecified atom stereocenters. The Labute approximate surface area is 128 Å². The molecular formula is C16H17N3O3. The molecule has 0 saturated heterocycles. The van der Waals surface area contributed by atoms with Gasteiger partial charge in [-0.1, -0.05) is 12.1 Å². The van der Waals surface area contributed by atoms with Crippen molar-refractivity contribution in [2.75, 3.05) is 20.8 Å². The Kier molecular flexibility index (Phi) is 5.28. The van der Waals surface area contributed by atoms with Crippen LogP contribution in [0, 0.1) is 11.3 Å². The van der Waals surface area contributed by atoms with Crippen LogP contribution in [-0.2, 0) is 17.7 Å². The fourth-order valence-electron chi connectivity index (χ4n) is 2.06. The average molecular weight is 299 g/mol. The Morgan fingerprint density at radius 1 is 1.32 bits per heavy atom. The van der Waals surface area contributed by atoms with Crippen molar-refractivity contribution in [2.45, 2.75) is 13.0 Å². The van der Waals surface area contributed by atoms with Crippen LogP contribution in [0.5, 0.6) is 5.75 Å². The van der Waals surface area contributed by atoms with Gasteiger partial charge in [-0.15, -0.1) is 0 Å². The van der Waals surface area contributed by atoms with Crippen molar-refractivity contribution < 1.29 is 9.47 Å². The van der Waals surface area contributed by atoms with E-state index in [2.05, 4.69) is 5.10 Å². The lowest BCUT2D eigenvalue weighted by Gasteiger charge is -2.10. The van der Waals surface area contributed by atoms with Crippen LogP contribution < -0.4 is 10.3 Å². The highest BCUT2D eigenvalue weighted by Crippen LogP contribution is 2.22. The molecule has 0 aliphatic rings. The molecule has 1 heterocycles. The predicted octanol–water partition coefficient (Wildman–Crippen LogP) is 1.63. The van der Waals surface area contributed by atoms with E-state index in [0.717, 1.165) is 5.56 Å². The highest BCUT2D eigenvalue weighted by atomic mass is 16.5. The fraction of sp³-hybridized carbons (Fsp3) is 0.312. The van der Waals surface area contributed by atoms with Crippen LogP contribution in [0.4, 0.5) is 0 Å². The average Bonchev–Trinajstić information content (AvgIpc) is 2.55. The normalized spacial score (nSPS) is 10.2. The molecule has 0 bridgehead atoms. The first-order valence-electron chi connectivity index (χ1n) is 6.81. The summed E-state index contributed by atoms with van der Waals surface area (Å²) in [6.07, 6.45) is 0.0469. The van der Waals surface area contributed by atoms with E-state index in [1.165, 1.54) is 4.68 Å². The number of benzene rings is 1. The summed E-state index contributed by atoms with van der Waals surface area (Å²) in [4.78, 5) is 12.2. The van der Waals surface area contributed by atoms with Crippen molar-refractivity contribution in [3.05, 3.63) is 46.2 Å². The molecule has 0 aliphatic carbocycles. The second-order valence-corrected chi connectivity index (χ2v) is 4.64. The van der Waals surface area contributed by atoms with E-state index in [0.29, 0.717) is 30.2 Å². The molecule has 0 saturated carbocycles. The highest BCUT2D eigenvalue weighted by Gasteiger charge is 2.10. The van der Waals surface area contributed by atoms with E-state index >= 15 is 0 Å². The Bertz CT molecular complexity index is 747. The SMILES string of the molecule is COCCn1nc(-c2cccc(OC)c2)cc(CC#N)c1=O. The van der Waals surface area contributed by atoms with Crippen LogP contribution in [-0.4, -0.2) is 30.6 Å². The first-order chi connectivity index (χ1) is 10.7. The zero-order valence-electron chi connectivity index (χ0n) is 12.6. The van der Waals surface area contributed by atoms with Gasteiger partial charge in [0.1, 0.15) is 5.75 Å². The lowest BCUT2D eigenvalue weighted by Crippen LogP contribution is -2.28. The maximum absolute atomic E-state index is 12.2. The molecule has 6 nitrogen and oxygen atoms in total. The number of nitrogens with zero attached hydrogens (tertiary/aromatic N) is 3. The van der Waals surface area contributed by atoms with Gasteiger partial charge in [0.05, 0.1) is 38.4 Å². The minimum absolute atomic E-state index is 0.0469. The maximum Gasteiger partial charge on any atom is 0.271 e. The van der Waals surface area contributed by atoms with Gasteiger partial charge in [-0.3, -0.25) is 4.79 Å². The molecule has 2 aromatic rings. The quantitative estimate of drug-likeness (QED) is 0.810. The van der Waals surface area contributed by atoms with Crippen molar-refractivity contribution in [3.8, 4) is 23.1 Å². The van der Waals surface area contributed by atoms with Crippen molar-refractivity contribution in [2.24, 2.45) is 0 Å². The van der Waals surface area contributed by atoms with Gasteiger partial charge in [0.15, 0.2) is 0 Å². The third kappa shape index (κ3) is 3.51. The van der Waals surface area contributed by atoms with Gasteiger partial charge in [0.25, 0.3) is 5.56 Å². The van der Waals surface area contributed by atoms with Crippen LogP contribution in [0.2, 0.25) is 0 Å². The molecule has 0 fully saturated rings. The minimum Gasteiger partial charge on any atom is -0.497 e. The van der Waals surface area contributed by atoms with Crippen LogP contribution in [0.1, 0.15) is 5.56 Å². The van der Waals surface area contributed by atoms with Crippen molar-refractivity contribution in [1.82, 2.24) is 9.78 Å². The number of aromatic nitrogens is 2. The lowest BCUT2D eigenvalue weighted by molar-refractivity contribution is 0.182. The van der Waals surface area contributed by atoms with Crippen LogP contribution >= 0.6 is 0 Å². The Hall–Kier alpha value is -2.65. The lowest BCUT2D eigenvalue weighted by atomic mass is 10.1. The van der Waals surface area contributed by atoms with Gasteiger partial charge in [-0.05, 0) is 18.2 Å². The summed E-state index contributed by atoms with van der Waals surface area (Å²) in [5, 5.41) is 13.2. The molecule has 0 atom stereocenters. The van der Waals surface area contributed by atoms with Crippen molar-refractivity contribution >= 4 is 0 Å². The van der Waals surface area contributed by atoms with E-state index < -0.39 is 0 Å². The van der Waals surface area contributed by atoms with Crippen molar-refractivity contribution in [3.63, 3.8) is 0 Å². The molecule has 1 aromatic heterocycles. The number of nitriles is 1. The smallest absolute Gasteiger partial charge is 0.271 e. The number of methoxy groups -OCH3 is 2. The molecule has 1 aromatic carbocycles. The molecule has 0 aliphatic heterocycles. The molecule has 22 heavy (non-hydrogen) atoms. The fourth-order valence-corrected chi connectivity index (χ4v) is 2.06. The topological polar surface area (TPSA) is 77.1 Å². The van der Waals surface area contributed by atoms with E-state index in [1.807, 2.05) is 30.3 Å². The summed E-state index contributed by atoms with van der Waals surface area (Å²) < 4.78 is 11.5. The van der Waals surface area contributed by atoms with Gasteiger partial charge in [0, 0.05) is 18.2 Å². The molecule has 114 valence electrons. The van der Waals surface area contributed by atoms with E-state index in [4.69, 9.17) is 14.7 Å². The van der Waals surface area contributed by atoms with Gasteiger partial charge in [-0.25, -0.2) is 4.68 Å². The van der Waals surface area contributed by atoms with Crippen molar-refractivity contribution in [1.29, 1.82) is 5.26 Å². The van der Waals surface area contributed by atoms with Gasteiger partial charge in [0.2, 0.25) is 0 Å². The summed E-state index contributed by atoms with van der Waals surface area (Å²) in [7, 11) is 3.15. The number of hydrogen-bond donors (Lipinski definition) is 0. The zero-order chi connectivity index (χ0) is 15.9. The first kappa shape index (κ1) is 15.7. The van der Waals surface area contributed by atoms with E-state index in [1.54, 1.807) is 20.3 Å². The zero-order valence-corrected chi connectivity index (χ0v) is 12.6. The predicted molar refractivity (Wildman–Crippen MR) is 81.7 cm³/mol. The Balaban J connectivity index is 2.52. The molecule has 0 radical (unpaired) electrons. The van der Waals surface area contributed by atoms with Crippen LogP contribution in [0.25, 0.3) is 11.3 Å². The van der Waals surface area contributed by atoms with Crippen LogP contribution in [0.15, 0.2) is 35.1 Å². The van der Waals surface area contributed by atoms with Gasteiger partial charge >= 0.3 is 0 Å². The van der Waals surface area contributed by atoms with Crippen LogP contribution in [0.3, 0.4) is 0 Å². The standard InChI is InChI=1S/C16H17N3O3/c1-21-9-8-19-16(20)13(6-7-17)11-15(18-19)12-4-3-5-14(10-12)22-2/h3-5,10-11H,6,8-9H2,1-2H3. The van der Waals surface area contributed by atoms with Gasteiger partial charge in [-0.2, -0.15) is 10.4 Å². The second kappa shape index (κ2) is 7.38. The number of rotatable bonds is 6.